The Kier molecular flexibility index (Phi) is 4.74. The van der Waals surface area contributed by atoms with Crippen molar-refractivity contribution in [1.29, 1.82) is 0 Å². The summed E-state index contributed by atoms with van der Waals surface area (Å²) in [4.78, 5) is 30.3. The quantitative estimate of drug-likeness (QED) is 0.396. The Morgan fingerprint density at radius 1 is 0.788 bits per heavy atom. The molecule has 0 fully saturated rings. The van der Waals surface area contributed by atoms with Crippen LogP contribution in [0.15, 0.2) is 79.3 Å². The Morgan fingerprint density at radius 2 is 1.30 bits per heavy atom. The fourth-order valence-corrected chi connectivity index (χ4v) is 4.15. The van der Waals surface area contributed by atoms with Crippen LogP contribution in [0.2, 0.25) is 0 Å². The zero-order chi connectivity index (χ0) is 23.3. The van der Waals surface area contributed by atoms with E-state index in [4.69, 9.17) is 8.83 Å². The minimum absolute atomic E-state index is 0.187. The molecule has 5 aromatic rings. The highest BCUT2D eigenvalue weighted by Crippen LogP contribution is 2.41. The monoisotopic (exact) mass is 441 g/mol. The van der Waals surface area contributed by atoms with Gasteiger partial charge in [0.05, 0.1) is 27.8 Å². The first-order valence-electron chi connectivity index (χ1n) is 10.3. The molecule has 0 unspecified atom stereocenters. The van der Waals surface area contributed by atoms with Crippen LogP contribution in [0.5, 0.6) is 11.5 Å². The molecule has 5 rings (SSSR count). The van der Waals surface area contributed by atoms with E-state index in [9.17, 15) is 19.8 Å². The van der Waals surface area contributed by atoms with Gasteiger partial charge in [-0.3, -0.25) is 4.98 Å². The van der Waals surface area contributed by atoms with Gasteiger partial charge >= 0.3 is 11.3 Å². The number of aromatic nitrogens is 1. The fraction of sp³-hybridized carbons (Fsp3) is 0.115. The van der Waals surface area contributed by atoms with Crippen molar-refractivity contribution in [2.24, 2.45) is 0 Å². The molecule has 0 amide bonds. The van der Waals surface area contributed by atoms with E-state index in [1.807, 2.05) is 13.8 Å². The van der Waals surface area contributed by atoms with Gasteiger partial charge in [-0.25, -0.2) is 9.59 Å². The van der Waals surface area contributed by atoms with Crippen LogP contribution in [-0.4, -0.2) is 15.2 Å². The summed E-state index contributed by atoms with van der Waals surface area (Å²) in [6, 6.07) is 13.4. The van der Waals surface area contributed by atoms with Crippen molar-refractivity contribution in [2.75, 3.05) is 0 Å². The van der Waals surface area contributed by atoms with E-state index in [0.717, 1.165) is 11.1 Å². The molecule has 0 atom stereocenters. The van der Waals surface area contributed by atoms with E-state index in [0.29, 0.717) is 16.3 Å². The maximum Gasteiger partial charge on any atom is 0.344 e. The first kappa shape index (κ1) is 20.5. The van der Waals surface area contributed by atoms with Crippen LogP contribution < -0.4 is 11.3 Å². The van der Waals surface area contributed by atoms with Gasteiger partial charge in [-0.05, 0) is 60.9 Å². The Morgan fingerprint density at radius 3 is 1.76 bits per heavy atom. The number of pyridine rings is 1. The van der Waals surface area contributed by atoms with E-state index in [-0.39, 0.29) is 33.8 Å². The number of benzene rings is 2. The molecular weight excluding hydrogens is 422 g/mol. The minimum Gasteiger partial charge on any atom is -0.507 e. The van der Waals surface area contributed by atoms with E-state index < -0.39 is 17.2 Å². The van der Waals surface area contributed by atoms with Gasteiger partial charge in [0, 0.05) is 12.4 Å². The third kappa shape index (κ3) is 3.34. The average Bonchev–Trinajstić information content (AvgIpc) is 2.78. The van der Waals surface area contributed by atoms with Gasteiger partial charge in [-0.15, -0.1) is 0 Å². The topological polar surface area (TPSA) is 114 Å². The number of hydrogen-bond donors (Lipinski definition) is 2. The van der Waals surface area contributed by atoms with Crippen molar-refractivity contribution >= 4 is 21.9 Å². The van der Waals surface area contributed by atoms with Gasteiger partial charge in [-0.1, -0.05) is 18.2 Å². The second kappa shape index (κ2) is 7.63. The summed E-state index contributed by atoms with van der Waals surface area (Å²) in [6.45, 7) is 3.67. The summed E-state index contributed by atoms with van der Waals surface area (Å²) >= 11 is 0. The number of aromatic hydroxyl groups is 2. The molecule has 0 saturated heterocycles. The largest absolute Gasteiger partial charge is 0.507 e. The maximum atomic E-state index is 13.1. The molecule has 3 heterocycles. The van der Waals surface area contributed by atoms with Gasteiger partial charge in [0.15, 0.2) is 0 Å². The Bertz CT molecular complexity index is 1540. The van der Waals surface area contributed by atoms with Gasteiger partial charge in [-0.2, -0.15) is 0 Å². The van der Waals surface area contributed by atoms with Crippen LogP contribution in [0.4, 0.5) is 0 Å². The molecule has 0 aliphatic heterocycles. The summed E-state index contributed by atoms with van der Waals surface area (Å²) in [7, 11) is 0. The molecule has 7 nitrogen and oxygen atoms in total. The van der Waals surface area contributed by atoms with Crippen LogP contribution in [0.1, 0.15) is 33.7 Å². The van der Waals surface area contributed by atoms with Gasteiger partial charge in [0.25, 0.3) is 0 Å². The third-order valence-electron chi connectivity index (χ3n) is 5.73. The normalized spacial score (nSPS) is 11.5. The standard InChI is InChI=1S/C26H19NO6/c1-13-5-7-16-18(10-13)32-25(30)21(23(16)28)20(15-4-3-9-27-12-15)22-24(29)17-8-6-14(2)11-19(17)33-26(22)31/h3-12,20,28-29H,1-2H3. The number of fused-ring (bicyclic) bond motifs is 2. The average molecular weight is 441 g/mol. The molecule has 3 aromatic heterocycles. The zero-order valence-corrected chi connectivity index (χ0v) is 17.8. The lowest BCUT2D eigenvalue weighted by molar-refractivity contribution is 0.441. The first-order valence-corrected chi connectivity index (χ1v) is 10.3. The van der Waals surface area contributed by atoms with Crippen molar-refractivity contribution in [3.63, 3.8) is 0 Å². The Labute approximate surface area is 187 Å². The molecule has 2 N–H and O–H groups in total. The van der Waals surface area contributed by atoms with E-state index in [1.54, 1.807) is 48.5 Å². The van der Waals surface area contributed by atoms with Crippen LogP contribution in [0.25, 0.3) is 21.9 Å². The molecule has 2 aromatic carbocycles. The van der Waals surface area contributed by atoms with E-state index in [1.165, 1.54) is 12.4 Å². The molecule has 0 aliphatic carbocycles. The van der Waals surface area contributed by atoms with Crippen molar-refractivity contribution in [3.8, 4) is 11.5 Å². The molecule has 0 saturated carbocycles. The van der Waals surface area contributed by atoms with Crippen molar-refractivity contribution in [1.82, 2.24) is 4.98 Å². The lowest BCUT2D eigenvalue weighted by atomic mass is 9.85. The predicted octanol–water partition coefficient (Wildman–Crippen LogP) is 4.50. The lowest BCUT2D eigenvalue weighted by Crippen LogP contribution is -2.21. The molecule has 164 valence electrons. The fourth-order valence-electron chi connectivity index (χ4n) is 4.15. The van der Waals surface area contributed by atoms with Crippen LogP contribution in [0, 0.1) is 13.8 Å². The van der Waals surface area contributed by atoms with E-state index in [2.05, 4.69) is 4.98 Å². The summed E-state index contributed by atoms with van der Waals surface area (Å²) in [5.41, 5.74) is 0.509. The zero-order valence-electron chi connectivity index (χ0n) is 17.8. The Hall–Kier alpha value is -4.39. The summed E-state index contributed by atoms with van der Waals surface area (Å²) in [6.07, 6.45) is 3.00. The maximum absolute atomic E-state index is 13.1. The smallest absolute Gasteiger partial charge is 0.344 e. The third-order valence-corrected chi connectivity index (χ3v) is 5.73. The Balaban J connectivity index is 1.89. The van der Waals surface area contributed by atoms with Gasteiger partial charge < -0.3 is 19.0 Å². The van der Waals surface area contributed by atoms with Crippen LogP contribution >= 0.6 is 0 Å². The molecule has 33 heavy (non-hydrogen) atoms. The number of rotatable bonds is 3. The second-order valence-electron chi connectivity index (χ2n) is 8.02. The number of aryl methyl sites for hydroxylation is 2. The van der Waals surface area contributed by atoms with E-state index >= 15 is 0 Å². The summed E-state index contributed by atoms with van der Waals surface area (Å²) in [5.74, 6) is -1.85. The molecule has 0 radical (unpaired) electrons. The second-order valence-corrected chi connectivity index (χ2v) is 8.02. The minimum atomic E-state index is -1.18. The highest BCUT2D eigenvalue weighted by atomic mass is 16.4. The molecule has 0 bridgehead atoms. The number of hydrogen-bond acceptors (Lipinski definition) is 7. The predicted molar refractivity (Wildman–Crippen MR) is 123 cm³/mol. The van der Waals surface area contributed by atoms with Gasteiger partial charge in [0.1, 0.15) is 22.7 Å². The highest BCUT2D eigenvalue weighted by Gasteiger charge is 2.32. The number of nitrogens with zero attached hydrogens (tertiary/aromatic N) is 1. The SMILES string of the molecule is Cc1ccc2c(O)c(C(c3cccnc3)c3c(O)c4ccc(C)cc4oc3=O)c(=O)oc2c1. The molecule has 7 heteroatoms. The molecule has 0 aliphatic rings. The van der Waals surface area contributed by atoms with Crippen LogP contribution in [0.3, 0.4) is 0 Å². The highest BCUT2D eigenvalue weighted by molar-refractivity contribution is 5.87. The molecular formula is C26H19NO6. The first-order chi connectivity index (χ1) is 15.8. The van der Waals surface area contributed by atoms with Crippen LogP contribution in [-0.2, 0) is 0 Å². The lowest BCUT2D eigenvalue weighted by Gasteiger charge is -2.19. The van der Waals surface area contributed by atoms with Crippen molar-refractivity contribution in [2.45, 2.75) is 19.8 Å². The van der Waals surface area contributed by atoms with Gasteiger partial charge in [0.2, 0.25) is 0 Å². The summed E-state index contributed by atoms with van der Waals surface area (Å²) < 4.78 is 11.0. The van der Waals surface area contributed by atoms with Crippen molar-refractivity contribution < 1.29 is 19.0 Å². The van der Waals surface area contributed by atoms with Crippen molar-refractivity contribution in [3.05, 3.63) is 110 Å². The molecule has 0 spiro atoms. The summed E-state index contributed by atoms with van der Waals surface area (Å²) in [5, 5.41) is 22.9.